The summed E-state index contributed by atoms with van der Waals surface area (Å²) in [5, 5.41) is 4.68. The molecule has 1 amide bonds. The SMILES string of the molecule is COC(=O)CC(NC(=O)COC(C)C)c1cccs1. The second-order valence-electron chi connectivity index (χ2n) is 4.28. The van der Waals surface area contributed by atoms with Gasteiger partial charge in [-0.05, 0) is 25.3 Å². The minimum absolute atomic E-state index is 0.00783. The number of hydrogen-bond acceptors (Lipinski definition) is 5. The molecule has 0 spiro atoms. The van der Waals surface area contributed by atoms with Crippen molar-refractivity contribution in [2.75, 3.05) is 13.7 Å². The van der Waals surface area contributed by atoms with E-state index in [1.165, 1.54) is 18.4 Å². The van der Waals surface area contributed by atoms with Crippen LogP contribution in [0, 0.1) is 0 Å². The maximum Gasteiger partial charge on any atom is 0.307 e. The van der Waals surface area contributed by atoms with Crippen molar-refractivity contribution in [3.63, 3.8) is 0 Å². The van der Waals surface area contributed by atoms with Gasteiger partial charge in [-0.25, -0.2) is 0 Å². The van der Waals surface area contributed by atoms with Crippen molar-refractivity contribution in [2.45, 2.75) is 32.4 Å². The van der Waals surface area contributed by atoms with Gasteiger partial charge < -0.3 is 14.8 Å². The molecule has 0 radical (unpaired) electrons. The zero-order chi connectivity index (χ0) is 14.3. The van der Waals surface area contributed by atoms with E-state index < -0.39 is 0 Å². The van der Waals surface area contributed by atoms with Crippen LogP contribution in [0.2, 0.25) is 0 Å². The highest BCUT2D eigenvalue weighted by atomic mass is 32.1. The number of nitrogens with one attached hydrogen (secondary N) is 1. The quantitative estimate of drug-likeness (QED) is 0.777. The Labute approximate surface area is 116 Å². The average Bonchev–Trinajstić information content (AvgIpc) is 2.89. The average molecular weight is 285 g/mol. The summed E-state index contributed by atoms with van der Waals surface area (Å²) in [4.78, 5) is 24.0. The first kappa shape index (κ1) is 15.7. The highest BCUT2D eigenvalue weighted by Crippen LogP contribution is 2.22. The van der Waals surface area contributed by atoms with Gasteiger partial charge in [-0.15, -0.1) is 11.3 Å². The molecular formula is C13H19NO4S. The highest BCUT2D eigenvalue weighted by molar-refractivity contribution is 7.10. The van der Waals surface area contributed by atoms with E-state index in [1.807, 2.05) is 31.4 Å². The van der Waals surface area contributed by atoms with E-state index in [9.17, 15) is 9.59 Å². The van der Waals surface area contributed by atoms with Gasteiger partial charge in [0.2, 0.25) is 5.91 Å². The fraction of sp³-hybridized carbons (Fsp3) is 0.538. The van der Waals surface area contributed by atoms with Crippen LogP contribution in [-0.4, -0.2) is 31.7 Å². The third-order valence-corrected chi connectivity index (χ3v) is 3.35. The third-order valence-electron chi connectivity index (χ3n) is 2.37. The van der Waals surface area contributed by atoms with Gasteiger partial charge in [-0.2, -0.15) is 0 Å². The summed E-state index contributed by atoms with van der Waals surface area (Å²) in [5.74, 6) is -0.598. The number of carbonyl (C=O) groups is 2. The Morgan fingerprint density at radius 2 is 2.16 bits per heavy atom. The zero-order valence-corrected chi connectivity index (χ0v) is 12.2. The third kappa shape index (κ3) is 5.85. The van der Waals surface area contributed by atoms with Crippen LogP contribution in [-0.2, 0) is 19.1 Å². The second-order valence-corrected chi connectivity index (χ2v) is 5.25. The molecule has 0 aliphatic rings. The largest absolute Gasteiger partial charge is 0.469 e. The Morgan fingerprint density at radius 3 is 2.68 bits per heavy atom. The summed E-state index contributed by atoms with van der Waals surface area (Å²) < 4.78 is 9.87. The molecule has 0 aromatic carbocycles. The minimum atomic E-state index is -0.365. The van der Waals surface area contributed by atoms with Crippen LogP contribution in [0.1, 0.15) is 31.2 Å². The van der Waals surface area contributed by atoms with E-state index in [0.717, 1.165) is 4.88 Å². The van der Waals surface area contributed by atoms with Gasteiger partial charge in [0.15, 0.2) is 0 Å². The van der Waals surface area contributed by atoms with Crippen molar-refractivity contribution in [3.05, 3.63) is 22.4 Å². The van der Waals surface area contributed by atoms with Gasteiger partial charge in [0.25, 0.3) is 0 Å². The number of esters is 1. The topological polar surface area (TPSA) is 64.6 Å². The van der Waals surface area contributed by atoms with Crippen LogP contribution >= 0.6 is 11.3 Å². The van der Waals surface area contributed by atoms with Crippen molar-refractivity contribution in [1.82, 2.24) is 5.32 Å². The fourth-order valence-electron chi connectivity index (χ4n) is 1.44. The molecule has 0 saturated carbocycles. The van der Waals surface area contributed by atoms with Crippen molar-refractivity contribution in [3.8, 4) is 0 Å². The van der Waals surface area contributed by atoms with Crippen LogP contribution in [0.4, 0.5) is 0 Å². The number of amides is 1. The molecule has 0 aliphatic heterocycles. The normalized spacial score (nSPS) is 12.2. The molecule has 1 N–H and O–H groups in total. The van der Waals surface area contributed by atoms with E-state index in [-0.39, 0.29) is 37.0 Å². The molecule has 0 aliphatic carbocycles. The molecule has 0 fully saturated rings. The number of carbonyl (C=O) groups excluding carboxylic acids is 2. The first-order valence-corrected chi connectivity index (χ1v) is 6.92. The summed E-state index contributed by atoms with van der Waals surface area (Å²) in [6, 6.07) is 3.39. The van der Waals surface area contributed by atoms with E-state index in [0.29, 0.717) is 0 Å². The number of methoxy groups -OCH3 is 1. The molecule has 106 valence electrons. The van der Waals surface area contributed by atoms with Gasteiger partial charge in [0.05, 0.1) is 25.7 Å². The van der Waals surface area contributed by atoms with Crippen LogP contribution in [0.5, 0.6) is 0 Å². The molecule has 1 rings (SSSR count). The standard InChI is InChI=1S/C13H19NO4S/c1-9(2)18-8-12(15)14-10(7-13(16)17-3)11-5-4-6-19-11/h4-6,9-10H,7-8H2,1-3H3,(H,14,15). The Hall–Kier alpha value is -1.40. The molecule has 1 aromatic rings. The van der Waals surface area contributed by atoms with Crippen molar-refractivity contribution in [1.29, 1.82) is 0 Å². The van der Waals surface area contributed by atoms with Crippen LogP contribution in [0.25, 0.3) is 0 Å². The first-order valence-electron chi connectivity index (χ1n) is 6.04. The molecule has 0 saturated heterocycles. The molecule has 1 heterocycles. The summed E-state index contributed by atoms with van der Waals surface area (Å²) >= 11 is 1.49. The number of thiophene rings is 1. The summed E-state index contributed by atoms with van der Waals surface area (Å²) in [6.45, 7) is 3.71. The monoisotopic (exact) mass is 285 g/mol. The number of rotatable bonds is 7. The second kappa shape index (κ2) is 7.91. The maximum atomic E-state index is 11.7. The van der Waals surface area contributed by atoms with Gasteiger partial charge in [0.1, 0.15) is 6.61 Å². The smallest absolute Gasteiger partial charge is 0.307 e. The number of ether oxygens (including phenoxy) is 2. The predicted octanol–water partition coefficient (Wildman–Crippen LogP) is 1.89. The van der Waals surface area contributed by atoms with E-state index in [4.69, 9.17) is 4.74 Å². The highest BCUT2D eigenvalue weighted by Gasteiger charge is 2.19. The van der Waals surface area contributed by atoms with E-state index in [1.54, 1.807) is 0 Å². The molecule has 6 heteroatoms. The lowest BCUT2D eigenvalue weighted by Gasteiger charge is -2.17. The van der Waals surface area contributed by atoms with Crippen LogP contribution in [0.3, 0.4) is 0 Å². The Morgan fingerprint density at radius 1 is 1.42 bits per heavy atom. The molecule has 1 aromatic heterocycles. The van der Waals surface area contributed by atoms with Crippen molar-refractivity contribution >= 4 is 23.2 Å². The number of hydrogen-bond donors (Lipinski definition) is 1. The van der Waals surface area contributed by atoms with E-state index >= 15 is 0 Å². The lowest BCUT2D eigenvalue weighted by atomic mass is 10.1. The van der Waals surface area contributed by atoms with Crippen molar-refractivity contribution in [2.24, 2.45) is 0 Å². The predicted molar refractivity (Wildman–Crippen MR) is 72.9 cm³/mol. The minimum Gasteiger partial charge on any atom is -0.469 e. The fourth-order valence-corrected chi connectivity index (χ4v) is 2.22. The molecule has 1 unspecified atom stereocenters. The Bertz CT molecular complexity index is 403. The Kier molecular flexibility index (Phi) is 6.52. The summed E-state index contributed by atoms with van der Waals surface area (Å²) in [5.41, 5.74) is 0. The molecule has 1 atom stereocenters. The van der Waals surface area contributed by atoms with Crippen molar-refractivity contribution < 1.29 is 19.1 Å². The zero-order valence-electron chi connectivity index (χ0n) is 11.3. The lowest BCUT2D eigenvalue weighted by molar-refractivity contribution is -0.141. The first-order chi connectivity index (χ1) is 9.02. The molecule has 19 heavy (non-hydrogen) atoms. The van der Waals surface area contributed by atoms with E-state index in [2.05, 4.69) is 10.1 Å². The molecular weight excluding hydrogens is 266 g/mol. The maximum absolute atomic E-state index is 11.7. The van der Waals surface area contributed by atoms with Gasteiger partial charge in [-0.3, -0.25) is 9.59 Å². The molecule has 0 bridgehead atoms. The summed E-state index contributed by atoms with van der Waals surface area (Å²) in [6.07, 6.45) is 0.108. The van der Waals surface area contributed by atoms with Crippen LogP contribution < -0.4 is 5.32 Å². The van der Waals surface area contributed by atoms with Gasteiger partial charge in [-0.1, -0.05) is 6.07 Å². The summed E-state index contributed by atoms with van der Waals surface area (Å²) in [7, 11) is 1.33. The lowest BCUT2D eigenvalue weighted by Crippen LogP contribution is -2.33. The van der Waals surface area contributed by atoms with Gasteiger partial charge >= 0.3 is 5.97 Å². The molecule has 5 nitrogen and oxygen atoms in total. The van der Waals surface area contributed by atoms with Gasteiger partial charge in [0, 0.05) is 4.88 Å². The Balaban J connectivity index is 2.59. The van der Waals surface area contributed by atoms with Crippen LogP contribution in [0.15, 0.2) is 17.5 Å².